The van der Waals surface area contributed by atoms with Crippen molar-refractivity contribution < 1.29 is 9.57 Å². The number of benzene rings is 1. The maximum atomic E-state index is 5.39. The van der Waals surface area contributed by atoms with Crippen LogP contribution < -0.4 is 4.74 Å². The highest BCUT2D eigenvalue weighted by Gasteiger charge is 2.03. The van der Waals surface area contributed by atoms with Crippen molar-refractivity contribution in [3.05, 3.63) is 59.4 Å². The summed E-state index contributed by atoms with van der Waals surface area (Å²) in [5.41, 5.74) is 3.50. The molecule has 4 heteroatoms. The second-order valence-corrected chi connectivity index (χ2v) is 4.43. The van der Waals surface area contributed by atoms with Crippen LogP contribution in [0.2, 0.25) is 0 Å². The van der Waals surface area contributed by atoms with E-state index in [-0.39, 0.29) is 0 Å². The monoisotopic (exact) mass is 270 g/mol. The molecule has 4 nitrogen and oxygen atoms in total. The van der Waals surface area contributed by atoms with Crippen molar-refractivity contribution in [1.82, 2.24) is 4.98 Å². The van der Waals surface area contributed by atoms with Crippen molar-refractivity contribution >= 4 is 5.71 Å². The molecule has 0 radical (unpaired) electrons. The standard InChI is InChI=1S/C16H18N2O2/c1-12-7-6-9-15(17-12)13(2)18-20-11-14-8-4-5-10-16(14)19-3/h4-10H,11H2,1-3H3. The third kappa shape index (κ3) is 3.57. The first-order chi connectivity index (χ1) is 9.70. The summed E-state index contributed by atoms with van der Waals surface area (Å²) in [4.78, 5) is 9.78. The van der Waals surface area contributed by atoms with Crippen LogP contribution in [0, 0.1) is 6.92 Å². The van der Waals surface area contributed by atoms with Gasteiger partial charge >= 0.3 is 0 Å². The summed E-state index contributed by atoms with van der Waals surface area (Å²) in [6.45, 7) is 4.20. The molecule has 20 heavy (non-hydrogen) atoms. The Kier molecular flexibility index (Phi) is 4.71. The summed E-state index contributed by atoms with van der Waals surface area (Å²) in [5, 5.41) is 4.10. The van der Waals surface area contributed by atoms with Crippen LogP contribution >= 0.6 is 0 Å². The van der Waals surface area contributed by atoms with Crippen LogP contribution in [0.1, 0.15) is 23.9 Å². The number of methoxy groups -OCH3 is 1. The largest absolute Gasteiger partial charge is 0.496 e. The lowest BCUT2D eigenvalue weighted by Crippen LogP contribution is -2.01. The maximum absolute atomic E-state index is 5.39. The molecule has 1 aromatic carbocycles. The highest BCUT2D eigenvalue weighted by Crippen LogP contribution is 2.18. The third-order valence-corrected chi connectivity index (χ3v) is 2.87. The average molecular weight is 270 g/mol. The summed E-state index contributed by atoms with van der Waals surface area (Å²) in [6.07, 6.45) is 0. The molecule has 0 spiro atoms. The van der Waals surface area contributed by atoms with Crippen molar-refractivity contribution in [2.75, 3.05) is 7.11 Å². The molecule has 0 saturated carbocycles. The topological polar surface area (TPSA) is 43.7 Å². The molecule has 0 unspecified atom stereocenters. The summed E-state index contributed by atoms with van der Waals surface area (Å²) in [6, 6.07) is 13.5. The van der Waals surface area contributed by atoms with Gasteiger partial charge in [0.2, 0.25) is 0 Å². The minimum Gasteiger partial charge on any atom is -0.496 e. The lowest BCUT2D eigenvalue weighted by molar-refractivity contribution is 0.128. The molecule has 0 fully saturated rings. The molecular formula is C16H18N2O2. The molecule has 2 aromatic rings. The van der Waals surface area contributed by atoms with Gasteiger partial charge in [0.15, 0.2) is 0 Å². The summed E-state index contributed by atoms with van der Waals surface area (Å²) >= 11 is 0. The fourth-order valence-corrected chi connectivity index (χ4v) is 1.81. The van der Waals surface area contributed by atoms with Gasteiger partial charge in [-0.15, -0.1) is 0 Å². The summed E-state index contributed by atoms with van der Waals surface area (Å²) < 4.78 is 5.26. The number of hydrogen-bond donors (Lipinski definition) is 0. The van der Waals surface area contributed by atoms with Gasteiger partial charge in [-0.05, 0) is 32.0 Å². The highest BCUT2D eigenvalue weighted by molar-refractivity contribution is 5.96. The van der Waals surface area contributed by atoms with Gasteiger partial charge in [0, 0.05) is 11.3 Å². The Balaban J connectivity index is 2.02. The minimum absolute atomic E-state index is 0.368. The summed E-state index contributed by atoms with van der Waals surface area (Å²) in [7, 11) is 1.64. The number of para-hydroxylation sites is 1. The van der Waals surface area contributed by atoms with Gasteiger partial charge in [0.05, 0.1) is 12.8 Å². The Morgan fingerprint density at radius 2 is 1.95 bits per heavy atom. The maximum Gasteiger partial charge on any atom is 0.145 e. The smallest absolute Gasteiger partial charge is 0.145 e. The van der Waals surface area contributed by atoms with Crippen molar-refractivity contribution in [2.45, 2.75) is 20.5 Å². The molecule has 1 aromatic heterocycles. The number of nitrogens with zero attached hydrogens (tertiary/aromatic N) is 2. The number of aryl methyl sites for hydroxylation is 1. The van der Waals surface area contributed by atoms with Crippen molar-refractivity contribution in [2.24, 2.45) is 5.16 Å². The molecule has 0 atom stereocenters. The Bertz CT molecular complexity index is 609. The fourth-order valence-electron chi connectivity index (χ4n) is 1.81. The molecule has 0 amide bonds. The van der Waals surface area contributed by atoms with E-state index in [4.69, 9.17) is 9.57 Å². The molecule has 0 aliphatic heterocycles. The lowest BCUT2D eigenvalue weighted by atomic mass is 10.2. The molecular weight excluding hydrogens is 252 g/mol. The van der Waals surface area contributed by atoms with Crippen LogP contribution in [-0.4, -0.2) is 17.8 Å². The van der Waals surface area contributed by atoms with Crippen LogP contribution in [0.15, 0.2) is 47.6 Å². The number of pyridine rings is 1. The Morgan fingerprint density at radius 3 is 2.70 bits per heavy atom. The average Bonchev–Trinajstić information content (AvgIpc) is 2.47. The van der Waals surface area contributed by atoms with Gasteiger partial charge in [0.1, 0.15) is 18.1 Å². The molecule has 2 rings (SSSR count). The van der Waals surface area contributed by atoms with Crippen LogP contribution in [0.5, 0.6) is 5.75 Å². The van der Waals surface area contributed by atoms with E-state index in [0.29, 0.717) is 6.61 Å². The molecule has 0 aliphatic carbocycles. The van der Waals surface area contributed by atoms with Gasteiger partial charge < -0.3 is 9.57 Å². The predicted molar refractivity (Wildman–Crippen MR) is 79.0 cm³/mol. The van der Waals surface area contributed by atoms with E-state index in [0.717, 1.165) is 28.4 Å². The van der Waals surface area contributed by atoms with Crippen molar-refractivity contribution in [3.63, 3.8) is 0 Å². The van der Waals surface area contributed by atoms with E-state index in [2.05, 4.69) is 10.1 Å². The van der Waals surface area contributed by atoms with E-state index in [1.807, 2.05) is 56.3 Å². The Morgan fingerprint density at radius 1 is 1.15 bits per heavy atom. The van der Waals surface area contributed by atoms with Crippen molar-refractivity contribution in [3.8, 4) is 5.75 Å². The molecule has 104 valence electrons. The zero-order valence-electron chi connectivity index (χ0n) is 12.0. The molecule has 0 aliphatic rings. The fraction of sp³-hybridized carbons (Fsp3) is 0.250. The molecule has 1 heterocycles. The second-order valence-electron chi connectivity index (χ2n) is 4.43. The number of aromatic nitrogens is 1. The Hall–Kier alpha value is -2.36. The number of hydrogen-bond acceptors (Lipinski definition) is 4. The SMILES string of the molecule is COc1ccccc1CON=C(C)c1cccc(C)n1. The van der Waals surface area contributed by atoms with E-state index < -0.39 is 0 Å². The van der Waals surface area contributed by atoms with E-state index >= 15 is 0 Å². The van der Waals surface area contributed by atoms with Gasteiger partial charge in [-0.1, -0.05) is 29.4 Å². The van der Waals surface area contributed by atoms with E-state index in [1.54, 1.807) is 7.11 Å². The van der Waals surface area contributed by atoms with E-state index in [9.17, 15) is 0 Å². The minimum atomic E-state index is 0.368. The molecule has 0 bridgehead atoms. The van der Waals surface area contributed by atoms with Crippen LogP contribution in [0.3, 0.4) is 0 Å². The predicted octanol–water partition coefficient (Wildman–Crippen LogP) is 3.34. The number of oxime groups is 1. The zero-order valence-corrected chi connectivity index (χ0v) is 12.0. The first-order valence-corrected chi connectivity index (χ1v) is 6.43. The first kappa shape index (κ1) is 14.1. The normalized spacial score (nSPS) is 11.2. The second kappa shape index (κ2) is 6.70. The van der Waals surface area contributed by atoms with Crippen LogP contribution in [0.25, 0.3) is 0 Å². The van der Waals surface area contributed by atoms with Crippen LogP contribution in [0.4, 0.5) is 0 Å². The molecule has 0 N–H and O–H groups in total. The highest BCUT2D eigenvalue weighted by atomic mass is 16.6. The summed E-state index contributed by atoms with van der Waals surface area (Å²) in [5.74, 6) is 0.800. The van der Waals surface area contributed by atoms with Crippen molar-refractivity contribution in [1.29, 1.82) is 0 Å². The number of ether oxygens (including phenoxy) is 1. The van der Waals surface area contributed by atoms with Crippen LogP contribution in [-0.2, 0) is 11.4 Å². The van der Waals surface area contributed by atoms with Gasteiger partial charge in [-0.25, -0.2) is 0 Å². The van der Waals surface area contributed by atoms with Gasteiger partial charge in [-0.2, -0.15) is 0 Å². The van der Waals surface area contributed by atoms with Gasteiger partial charge in [-0.3, -0.25) is 4.98 Å². The third-order valence-electron chi connectivity index (χ3n) is 2.87. The zero-order chi connectivity index (χ0) is 14.4. The Labute approximate surface area is 119 Å². The first-order valence-electron chi connectivity index (χ1n) is 6.43. The lowest BCUT2D eigenvalue weighted by Gasteiger charge is -2.07. The van der Waals surface area contributed by atoms with E-state index in [1.165, 1.54) is 0 Å². The molecule has 0 saturated heterocycles. The quantitative estimate of drug-likeness (QED) is 0.618. The van der Waals surface area contributed by atoms with Gasteiger partial charge in [0.25, 0.3) is 0 Å². The number of rotatable bonds is 5.